The van der Waals surface area contributed by atoms with Crippen molar-refractivity contribution in [2.75, 3.05) is 7.05 Å². The Hall–Kier alpha value is -0.380. The third-order valence-electron chi connectivity index (χ3n) is 3.37. The van der Waals surface area contributed by atoms with E-state index in [9.17, 15) is 5.11 Å². The number of hydrogen-bond donors (Lipinski definition) is 3. The Balaban J connectivity index is 2.84. The molecule has 0 amide bonds. The predicted molar refractivity (Wildman–Crippen MR) is 53.0 cm³/mol. The van der Waals surface area contributed by atoms with Crippen molar-refractivity contribution < 1.29 is 10.1 Å². The first-order valence-electron chi connectivity index (χ1n) is 4.92. The summed E-state index contributed by atoms with van der Waals surface area (Å²) in [4.78, 5) is 0. The summed E-state index contributed by atoms with van der Waals surface area (Å²) in [6.45, 7) is 4.29. The Morgan fingerprint density at radius 3 is 2.77 bits per heavy atom. The molecule has 1 aliphatic carbocycles. The van der Waals surface area contributed by atoms with Crippen molar-refractivity contribution >= 4 is 0 Å². The summed E-state index contributed by atoms with van der Waals surface area (Å²) in [6, 6.07) is 0. The minimum atomic E-state index is -0.201. The second kappa shape index (κ2) is 3.78. The summed E-state index contributed by atoms with van der Waals surface area (Å²) in [5.41, 5.74) is -0.0442. The van der Waals surface area contributed by atoms with Crippen molar-refractivity contribution in [3.05, 3.63) is 12.2 Å². The maximum absolute atomic E-state index is 9.57. The van der Waals surface area contributed by atoms with Gasteiger partial charge < -0.3 is 5.11 Å². The van der Waals surface area contributed by atoms with Crippen LogP contribution in [0.25, 0.3) is 0 Å². The lowest BCUT2D eigenvalue weighted by molar-refractivity contribution is -0.941. The minimum absolute atomic E-state index is 0.0442. The van der Waals surface area contributed by atoms with Crippen LogP contribution in [0.2, 0.25) is 0 Å². The maximum atomic E-state index is 9.57. The second-order valence-corrected chi connectivity index (χ2v) is 4.39. The van der Waals surface area contributed by atoms with Crippen LogP contribution in [0.4, 0.5) is 0 Å². The topological polar surface area (TPSA) is 50.7 Å². The smallest absolute Gasteiger partial charge is 0.133 e. The van der Waals surface area contributed by atoms with Crippen LogP contribution in [0, 0.1) is 5.92 Å². The van der Waals surface area contributed by atoms with Crippen LogP contribution in [-0.4, -0.2) is 23.8 Å². The van der Waals surface area contributed by atoms with E-state index in [0.29, 0.717) is 5.92 Å². The first-order chi connectivity index (χ1) is 5.97. The van der Waals surface area contributed by atoms with Gasteiger partial charge in [0.15, 0.2) is 0 Å². The van der Waals surface area contributed by atoms with Gasteiger partial charge in [0.2, 0.25) is 0 Å². The molecule has 3 heteroatoms. The molecule has 13 heavy (non-hydrogen) atoms. The lowest BCUT2D eigenvalue weighted by Crippen LogP contribution is -3.23. The molecule has 0 bridgehead atoms. The van der Waals surface area contributed by atoms with Gasteiger partial charge in [-0.1, -0.05) is 13.0 Å². The fourth-order valence-corrected chi connectivity index (χ4v) is 1.90. The van der Waals surface area contributed by atoms with Gasteiger partial charge in [-0.15, -0.1) is 0 Å². The molecule has 0 aliphatic heterocycles. The van der Waals surface area contributed by atoms with Gasteiger partial charge in [0.1, 0.15) is 5.54 Å². The number of nitrogens with one attached hydrogen (secondary N) is 1. The molecule has 4 unspecified atom stereocenters. The highest BCUT2D eigenvalue weighted by Crippen LogP contribution is 2.24. The highest BCUT2D eigenvalue weighted by Gasteiger charge is 2.38. The fourth-order valence-electron chi connectivity index (χ4n) is 1.90. The molecule has 1 aliphatic rings. The molecule has 0 saturated carbocycles. The maximum Gasteiger partial charge on any atom is 0.133 e. The molecule has 0 aromatic carbocycles. The summed E-state index contributed by atoms with van der Waals surface area (Å²) in [5, 5.41) is 10.5. The van der Waals surface area contributed by atoms with Gasteiger partial charge in [0.05, 0.1) is 13.2 Å². The van der Waals surface area contributed by atoms with Gasteiger partial charge in [-0.3, -0.25) is 5.01 Å². The van der Waals surface area contributed by atoms with Crippen LogP contribution in [0.5, 0.6) is 0 Å². The van der Waals surface area contributed by atoms with Crippen molar-refractivity contribution in [1.29, 1.82) is 0 Å². The molecule has 1 rings (SSSR count). The van der Waals surface area contributed by atoms with E-state index in [-0.39, 0.29) is 11.6 Å². The van der Waals surface area contributed by atoms with Crippen LogP contribution in [0.1, 0.15) is 26.7 Å². The van der Waals surface area contributed by atoms with Crippen LogP contribution < -0.4 is 10.9 Å². The van der Waals surface area contributed by atoms with E-state index in [2.05, 4.69) is 19.9 Å². The minimum Gasteiger partial charge on any atom is -0.393 e. The molecule has 4 N–H and O–H groups in total. The summed E-state index contributed by atoms with van der Waals surface area (Å²) < 4.78 is 0. The third-order valence-corrected chi connectivity index (χ3v) is 3.37. The van der Waals surface area contributed by atoms with Crippen molar-refractivity contribution in [2.24, 2.45) is 11.8 Å². The van der Waals surface area contributed by atoms with E-state index in [0.717, 1.165) is 17.9 Å². The van der Waals surface area contributed by atoms with Crippen molar-refractivity contribution in [3.63, 3.8) is 0 Å². The molecule has 0 spiro atoms. The standard InChI is InChI=1S/C10H20N2O/c1-8-7-9(13)5-4-6-10(8,2)12(3)11/h4,6,8-9,13H,5,7,11H2,1-3H3/p+1. The van der Waals surface area contributed by atoms with E-state index >= 15 is 0 Å². The van der Waals surface area contributed by atoms with Crippen molar-refractivity contribution in [1.82, 2.24) is 0 Å². The molecule has 0 radical (unpaired) electrons. The van der Waals surface area contributed by atoms with E-state index in [4.69, 9.17) is 5.84 Å². The zero-order chi connectivity index (χ0) is 10.1. The fraction of sp³-hybridized carbons (Fsp3) is 0.800. The largest absolute Gasteiger partial charge is 0.393 e. The lowest BCUT2D eigenvalue weighted by atomic mass is 9.84. The van der Waals surface area contributed by atoms with Crippen molar-refractivity contribution in [2.45, 2.75) is 38.3 Å². The van der Waals surface area contributed by atoms with Gasteiger partial charge in [0, 0.05) is 5.92 Å². The van der Waals surface area contributed by atoms with Crippen LogP contribution in [0.15, 0.2) is 12.2 Å². The number of aliphatic hydroxyl groups is 1. The first-order valence-corrected chi connectivity index (χ1v) is 4.92. The normalized spacial score (nSPS) is 42.8. The van der Waals surface area contributed by atoms with Gasteiger partial charge >= 0.3 is 0 Å². The van der Waals surface area contributed by atoms with Gasteiger partial charge in [-0.25, -0.2) is 0 Å². The van der Waals surface area contributed by atoms with Crippen LogP contribution in [0.3, 0.4) is 0 Å². The molecule has 0 fully saturated rings. The SMILES string of the molecule is CC1CC(O)CC=CC1(C)[NH+](C)N. The monoisotopic (exact) mass is 185 g/mol. The molecular weight excluding hydrogens is 164 g/mol. The molecular formula is C10H21N2O+. The number of hydrogen-bond acceptors (Lipinski definition) is 2. The van der Waals surface area contributed by atoms with E-state index in [1.165, 1.54) is 0 Å². The molecule has 0 saturated heterocycles. The van der Waals surface area contributed by atoms with Crippen LogP contribution >= 0.6 is 0 Å². The Morgan fingerprint density at radius 1 is 1.62 bits per heavy atom. The number of aliphatic hydroxyl groups excluding tert-OH is 1. The molecule has 76 valence electrons. The Bertz CT molecular complexity index is 203. The number of quaternary nitrogens is 1. The quantitative estimate of drug-likeness (QED) is 0.292. The summed E-state index contributed by atoms with van der Waals surface area (Å²) in [7, 11) is 1.96. The molecule has 3 nitrogen and oxygen atoms in total. The first kappa shape index (κ1) is 10.7. The molecule has 0 aromatic heterocycles. The molecule has 0 heterocycles. The highest BCUT2D eigenvalue weighted by atomic mass is 16.3. The van der Waals surface area contributed by atoms with Crippen LogP contribution in [-0.2, 0) is 0 Å². The Morgan fingerprint density at radius 2 is 2.23 bits per heavy atom. The molecule has 0 aromatic rings. The predicted octanol–water partition coefficient (Wildman–Crippen LogP) is -0.519. The zero-order valence-electron chi connectivity index (χ0n) is 8.75. The van der Waals surface area contributed by atoms with E-state index in [1.54, 1.807) is 0 Å². The van der Waals surface area contributed by atoms with Crippen molar-refractivity contribution in [3.8, 4) is 0 Å². The lowest BCUT2D eigenvalue weighted by Gasteiger charge is -2.34. The Labute approximate surface area is 80.2 Å². The average molecular weight is 185 g/mol. The summed E-state index contributed by atoms with van der Waals surface area (Å²) >= 11 is 0. The number of rotatable bonds is 1. The zero-order valence-corrected chi connectivity index (χ0v) is 8.75. The van der Waals surface area contributed by atoms with Gasteiger partial charge in [0.25, 0.3) is 0 Å². The number of likely N-dealkylation sites (N-methyl/N-ethyl adjacent to an activating group) is 1. The third kappa shape index (κ3) is 2.10. The Kier molecular flexibility index (Phi) is 3.11. The molecule has 4 atom stereocenters. The average Bonchev–Trinajstić information content (AvgIpc) is 2.13. The van der Waals surface area contributed by atoms with Gasteiger partial charge in [-0.05, 0) is 25.8 Å². The van der Waals surface area contributed by atoms with E-state index < -0.39 is 0 Å². The number of nitrogens with two attached hydrogens (primary N) is 1. The highest BCUT2D eigenvalue weighted by molar-refractivity contribution is 5.04. The van der Waals surface area contributed by atoms with E-state index in [1.807, 2.05) is 13.1 Å². The van der Waals surface area contributed by atoms with Gasteiger partial charge in [-0.2, -0.15) is 5.84 Å². The summed E-state index contributed by atoms with van der Waals surface area (Å²) in [6.07, 6.45) is 5.58. The second-order valence-electron chi connectivity index (χ2n) is 4.39. The summed E-state index contributed by atoms with van der Waals surface area (Å²) in [5.74, 6) is 6.30.